The highest BCUT2D eigenvalue weighted by atomic mass is 14.5. The van der Waals surface area contributed by atoms with Crippen LogP contribution in [0.2, 0.25) is 0 Å². The lowest BCUT2D eigenvalue weighted by Crippen LogP contribution is -1.95. The molecule has 0 spiro atoms. The molecule has 0 saturated heterocycles. The first-order valence-electron chi connectivity index (χ1n) is 14.6. The Kier molecular flexibility index (Phi) is 15.5. The maximum Gasteiger partial charge on any atom is 0.0314 e. The summed E-state index contributed by atoms with van der Waals surface area (Å²) < 4.78 is 0. The molecule has 0 radical (unpaired) electrons. The van der Waals surface area contributed by atoms with Crippen LogP contribution in [0.15, 0.2) is 42.5 Å². The van der Waals surface area contributed by atoms with Gasteiger partial charge in [0, 0.05) is 5.69 Å². The Morgan fingerprint density at radius 2 is 0.971 bits per heavy atom. The molecule has 190 valence electrons. The van der Waals surface area contributed by atoms with Crippen LogP contribution in [0.5, 0.6) is 0 Å². The molecule has 1 heteroatoms. The first-order chi connectivity index (χ1) is 16.7. The van der Waals surface area contributed by atoms with E-state index in [9.17, 15) is 0 Å². The van der Waals surface area contributed by atoms with Crippen molar-refractivity contribution >= 4 is 5.69 Å². The van der Waals surface area contributed by atoms with E-state index in [0.29, 0.717) is 0 Å². The first-order valence-corrected chi connectivity index (χ1v) is 14.6. The molecule has 34 heavy (non-hydrogen) atoms. The summed E-state index contributed by atoms with van der Waals surface area (Å²) >= 11 is 0. The number of nitrogens with two attached hydrogens (primary N) is 1. The lowest BCUT2D eigenvalue weighted by Gasteiger charge is -2.09. The summed E-state index contributed by atoms with van der Waals surface area (Å²) in [6.45, 7) is 4.57. The molecule has 2 rings (SSSR count). The standard InChI is InChI=1S/C33H53N/c1-3-4-5-6-7-8-9-10-11-12-13-14-15-16-17-18-19-20-32-24-21-31(27-29(32)2)28-30-22-25-33(34)26-23-30/h21-27H,3-20,28,34H2,1-2H3. The molecule has 0 heterocycles. The van der Waals surface area contributed by atoms with Crippen molar-refractivity contribution in [2.75, 3.05) is 5.73 Å². The molecule has 0 aromatic heterocycles. The maximum atomic E-state index is 5.80. The molecule has 0 saturated carbocycles. The Labute approximate surface area is 211 Å². The number of nitrogen functional groups attached to an aromatic ring is 1. The zero-order chi connectivity index (χ0) is 24.3. The van der Waals surface area contributed by atoms with E-state index in [1.165, 1.54) is 138 Å². The number of unbranched alkanes of at least 4 members (excludes halogenated alkanes) is 16. The van der Waals surface area contributed by atoms with Crippen LogP contribution in [0.25, 0.3) is 0 Å². The van der Waals surface area contributed by atoms with Gasteiger partial charge in [-0.2, -0.15) is 0 Å². The molecule has 2 N–H and O–H groups in total. The number of hydrogen-bond acceptors (Lipinski definition) is 1. The van der Waals surface area contributed by atoms with Gasteiger partial charge < -0.3 is 5.73 Å². The Hall–Kier alpha value is -1.76. The van der Waals surface area contributed by atoms with Crippen LogP contribution in [0, 0.1) is 6.92 Å². The SMILES string of the molecule is CCCCCCCCCCCCCCCCCCCc1ccc(Cc2ccc(N)cc2)cc1C. The molecule has 2 aromatic carbocycles. The second kappa shape index (κ2) is 18.6. The minimum absolute atomic E-state index is 0.837. The normalized spacial score (nSPS) is 11.2. The minimum Gasteiger partial charge on any atom is -0.399 e. The van der Waals surface area contributed by atoms with Crippen LogP contribution in [0.3, 0.4) is 0 Å². The molecule has 1 nitrogen and oxygen atoms in total. The van der Waals surface area contributed by atoms with Crippen molar-refractivity contribution in [1.82, 2.24) is 0 Å². The fraction of sp³-hybridized carbons (Fsp3) is 0.636. The summed E-state index contributed by atoms with van der Waals surface area (Å²) in [5.74, 6) is 0. The Bertz CT molecular complexity index is 746. The topological polar surface area (TPSA) is 26.0 Å². The van der Waals surface area contributed by atoms with Gasteiger partial charge >= 0.3 is 0 Å². The van der Waals surface area contributed by atoms with Gasteiger partial charge in [0.25, 0.3) is 0 Å². The van der Waals surface area contributed by atoms with Crippen LogP contribution in [-0.4, -0.2) is 0 Å². The van der Waals surface area contributed by atoms with E-state index in [4.69, 9.17) is 5.73 Å². The zero-order valence-corrected chi connectivity index (χ0v) is 22.6. The fourth-order valence-corrected chi connectivity index (χ4v) is 5.06. The highest BCUT2D eigenvalue weighted by Gasteiger charge is 2.03. The molecule has 0 atom stereocenters. The molecular weight excluding hydrogens is 410 g/mol. The average Bonchev–Trinajstić information content (AvgIpc) is 2.83. The minimum atomic E-state index is 0.837. The number of aryl methyl sites for hydroxylation is 2. The van der Waals surface area contributed by atoms with Crippen LogP contribution in [0.1, 0.15) is 138 Å². The predicted octanol–water partition coefficient (Wildman–Crippen LogP) is 10.4. The van der Waals surface area contributed by atoms with Crippen molar-refractivity contribution in [2.45, 2.75) is 136 Å². The molecule has 0 unspecified atom stereocenters. The van der Waals surface area contributed by atoms with Crippen LogP contribution in [-0.2, 0) is 12.8 Å². The largest absolute Gasteiger partial charge is 0.399 e. The highest BCUT2D eigenvalue weighted by Crippen LogP contribution is 2.19. The summed E-state index contributed by atoms with van der Waals surface area (Å²) in [7, 11) is 0. The highest BCUT2D eigenvalue weighted by molar-refractivity contribution is 5.41. The van der Waals surface area contributed by atoms with Crippen LogP contribution < -0.4 is 5.73 Å². The molecule has 0 amide bonds. The van der Waals surface area contributed by atoms with Gasteiger partial charge in [-0.05, 0) is 60.6 Å². The van der Waals surface area contributed by atoms with E-state index in [0.717, 1.165) is 12.1 Å². The maximum absolute atomic E-state index is 5.80. The number of anilines is 1. The van der Waals surface area contributed by atoms with Crippen molar-refractivity contribution in [1.29, 1.82) is 0 Å². The molecule has 2 aromatic rings. The number of rotatable bonds is 20. The second-order valence-electron chi connectivity index (χ2n) is 10.6. The van der Waals surface area contributed by atoms with Crippen molar-refractivity contribution < 1.29 is 0 Å². The third kappa shape index (κ3) is 13.2. The average molecular weight is 464 g/mol. The van der Waals surface area contributed by atoms with Crippen LogP contribution in [0.4, 0.5) is 5.69 Å². The summed E-state index contributed by atoms with van der Waals surface area (Å²) in [5.41, 5.74) is 12.3. The van der Waals surface area contributed by atoms with Gasteiger partial charge in [0.05, 0.1) is 0 Å². The van der Waals surface area contributed by atoms with Crippen molar-refractivity contribution in [3.8, 4) is 0 Å². The summed E-state index contributed by atoms with van der Waals surface area (Å²) in [6.07, 6.45) is 26.6. The Morgan fingerprint density at radius 3 is 1.44 bits per heavy atom. The van der Waals surface area contributed by atoms with Gasteiger partial charge in [0.15, 0.2) is 0 Å². The lowest BCUT2D eigenvalue weighted by atomic mass is 9.96. The van der Waals surface area contributed by atoms with Gasteiger partial charge in [-0.3, -0.25) is 0 Å². The van der Waals surface area contributed by atoms with E-state index in [2.05, 4.69) is 44.2 Å². The summed E-state index contributed by atoms with van der Waals surface area (Å²) in [4.78, 5) is 0. The molecule has 0 aliphatic carbocycles. The lowest BCUT2D eigenvalue weighted by molar-refractivity contribution is 0.527. The molecule has 0 bridgehead atoms. The molecular formula is C33H53N. The Morgan fingerprint density at radius 1 is 0.529 bits per heavy atom. The summed E-state index contributed by atoms with van der Waals surface area (Å²) in [5, 5.41) is 0. The fourth-order valence-electron chi connectivity index (χ4n) is 5.06. The van der Waals surface area contributed by atoms with E-state index in [1.807, 2.05) is 12.1 Å². The molecule has 0 aliphatic rings. The van der Waals surface area contributed by atoms with E-state index in [1.54, 1.807) is 0 Å². The van der Waals surface area contributed by atoms with Gasteiger partial charge in [-0.15, -0.1) is 0 Å². The second-order valence-corrected chi connectivity index (χ2v) is 10.6. The third-order valence-electron chi connectivity index (χ3n) is 7.34. The first kappa shape index (κ1) is 28.5. The van der Waals surface area contributed by atoms with Crippen molar-refractivity contribution in [3.05, 3.63) is 64.7 Å². The van der Waals surface area contributed by atoms with E-state index in [-0.39, 0.29) is 0 Å². The van der Waals surface area contributed by atoms with Gasteiger partial charge in [0.1, 0.15) is 0 Å². The van der Waals surface area contributed by atoms with Gasteiger partial charge in [-0.1, -0.05) is 140 Å². The van der Waals surface area contributed by atoms with Crippen LogP contribution >= 0.6 is 0 Å². The quantitative estimate of drug-likeness (QED) is 0.153. The Balaban J connectivity index is 1.42. The van der Waals surface area contributed by atoms with Gasteiger partial charge in [-0.25, -0.2) is 0 Å². The van der Waals surface area contributed by atoms with Crippen molar-refractivity contribution in [2.24, 2.45) is 0 Å². The third-order valence-corrected chi connectivity index (χ3v) is 7.34. The summed E-state index contributed by atoms with van der Waals surface area (Å²) in [6, 6.07) is 15.3. The predicted molar refractivity (Wildman–Crippen MR) is 153 cm³/mol. The number of hydrogen-bond donors (Lipinski definition) is 1. The van der Waals surface area contributed by atoms with Crippen molar-refractivity contribution in [3.63, 3.8) is 0 Å². The number of benzene rings is 2. The molecule has 0 fully saturated rings. The van der Waals surface area contributed by atoms with Gasteiger partial charge in [0.2, 0.25) is 0 Å². The van der Waals surface area contributed by atoms with E-state index < -0.39 is 0 Å². The van der Waals surface area contributed by atoms with E-state index >= 15 is 0 Å². The zero-order valence-electron chi connectivity index (χ0n) is 22.6. The monoisotopic (exact) mass is 463 g/mol. The smallest absolute Gasteiger partial charge is 0.0314 e. The molecule has 0 aliphatic heterocycles.